The summed E-state index contributed by atoms with van der Waals surface area (Å²) in [6.45, 7) is 3.08. The van der Waals surface area contributed by atoms with Crippen LogP contribution in [0.25, 0.3) is 11.5 Å². The zero-order chi connectivity index (χ0) is 20.5. The molecule has 0 aromatic carbocycles. The van der Waals surface area contributed by atoms with E-state index in [1.54, 1.807) is 17.9 Å². The third-order valence-electron chi connectivity index (χ3n) is 3.90. The number of aromatic nitrogens is 5. The zero-order valence-electron chi connectivity index (χ0n) is 15.4. The van der Waals surface area contributed by atoms with Crippen molar-refractivity contribution in [2.24, 2.45) is 7.05 Å². The number of anilines is 1. The van der Waals surface area contributed by atoms with Gasteiger partial charge in [-0.3, -0.25) is 9.78 Å². The first-order valence-corrected chi connectivity index (χ1v) is 8.29. The van der Waals surface area contributed by atoms with E-state index >= 15 is 0 Å². The van der Waals surface area contributed by atoms with Crippen LogP contribution in [0.15, 0.2) is 36.9 Å². The molecule has 0 radical (unpaired) electrons. The number of hydrogen-bond acceptors (Lipinski definition) is 6. The smallest absolute Gasteiger partial charge is 0.280 e. The van der Waals surface area contributed by atoms with Gasteiger partial charge in [0.15, 0.2) is 5.82 Å². The maximum atomic E-state index is 12.6. The van der Waals surface area contributed by atoms with E-state index in [2.05, 4.69) is 25.3 Å². The van der Waals surface area contributed by atoms with Gasteiger partial charge in [0.25, 0.3) is 12.3 Å². The molecule has 0 saturated heterocycles. The fourth-order valence-corrected chi connectivity index (χ4v) is 2.37. The topological polar surface area (TPSA) is 106 Å². The SMILES string of the molecule is Cn1cncc1-c1nc(C(=O)Nc2ccc(C(F)F)nc2)cc(C(C)(C)O)n1. The summed E-state index contributed by atoms with van der Waals surface area (Å²) in [5.74, 6) is -0.376. The molecule has 3 aromatic rings. The van der Waals surface area contributed by atoms with Crippen LogP contribution in [0.3, 0.4) is 0 Å². The summed E-state index contributed by atoms with van der Waals surface area (Å²) in [5.41, 5.74) is -0.659. The Bertz CT molecular complexity index is 996. The predicted molar refractivity (Wildman–Crippen MR) is 96.6 cm³/mol. The molecule has 10 heteroatoms. The number of halogens is 2. The number of pyridine rings is 1. The highest BCUT2D eigenvalue weighted by Gasteiger charge is 2.23. The lowest BCUT2D eigenvalue weighted by Gasteiger charge is -2.18. The van der Waals surface area contributed by atoms with Gasteiger partial charge in [0.1, 0.15) is 22.7 Å². The van der Waals surface area contributed by atoms with Crippen molar-refractivity contribution in [3.05, 3.63) is 54.0 Å². The molecule has 0 spiro atoms. The minimum atomic E-state index is -2.69. The minimum Gasteiger partial charge on any atom is -0.384 e. The molecule has 146 valence electrons. The number of hydrogen-bond donors (Lipinski definition) is 2. The standard InChI is InChI=1S/C18H18F2N6O2/c1-18(2,28)14-6-12(24-16(25-14)13-8-21-9-26(13)3)17(27)23-10-4-5-11(15(19)20)22-7-10/h4-9,15,28H,1-3H3,(H,23,27). The number of imidazole rings is 1. The van der Waals surface area contributed by atoms with E-state index in [0.717, 1.165) is 12.3 Å². The van der Waals surface area contributed by atoms with E-state index in [4.69, 9.17) is 0 Å². The lowest BCUT2D eigenvalue weighted by Crippen LogP contribution is -2.22. The normalized spacial score (nSPS) is 11.7. The fourth-order valence-electron chi connectivity index (χ4n) is 2.37. The zero-order valence-corrected chi connectivity index (χ0v) is 15.4. The molecule has 0 saturated carbocycles. The molecule has 0 bridgehead atoms. The highest BCUT2D eigenvalue weighted by Crippen LogP contribution is 2.23. The van der Waals surface area contributed by atoms with Gasteiger partial charge in [-0.2, -0.15) is 0 Å². The van der Waals surface area contributed by atoms with E-state index in [-0.39, 0.29) is 28.6 Å². The summed E-state index contributed by atoms with van der Waals surface area (Å²) >= 11 is 0. The van der Waals surface area contributed by atoms with Crippen molar-refractivity contribution in [1.29, 1.82) is 0 Å². The van der Waals surface area contributed by atoms with Gasteiger partial charge >= 0.3 is 0 Å². The predicted octanol–water partition coefficient (Wildman–Crippen LogP) is 2.69. The quantitative estimate of drug-likeness (QED) is 0.696. The molecular weight excluding hydrogens is 370 g/mol. The van der Waals surface area contributed by atoms with Crippen LogP contribution in [0.1, 0.15) is 42.1 Å². The molecule has 0 aliphatic carbocycles. The highest BCUT2D eigenvalue weighted by molar-refractivity contribution is 6.03. The van der Waals surface area contributed by atoms with E-state index in [9.17, 15) is 18.7 Å². The van der Waals surface area contributed by atoms with Crippen molar-refractivity contribution in [2.75, 3.05) is 5.32 Å². The van der Waals surface area contributed by atoms with Gasteiger partial charge in [0.2, 0.25) is 0 Å². The van der Waals surface area contributed by atoms with Crippen LogP contribution >= 0.6 is 0 Å². The van der Waals surface area contributed by atoms with Crippen LogP contribution in [-0.4, -0.2) is 35.5 Å². The Morgan fingerprint density at radius 2 is 2.00 bits per heavy atom. The molecule has 1 amide bonds. The van der Waals surface area contributed by atoms with Gasteiger partial charge in [0.05, 0.1) is 30.1 Å². The monoisotopic (exact) mass is 388 g/mol. The Balaban J connectivity index is 1.95. The number of carbonyl (C=O) groups is 1. The number of aryl methyl sites for hydroxylation is 1. The van der Waals surface area contributed by atoms with Crippen LogP contribution in [0.5, 0.6) is 0 Å². The fraction of sp³-hybridized carbons (Fsp3) is 0.278. The van der Waals surface area contributed by atoms with Gasteiger partial charge in [-0.25, -0.2) is 23.7 Å². The molecule has 3 rings (SSSR count). The first kappa shape index (κ1) is 19.5. The first-order valence-electron chi connectivity index (χ1n) is 8.29. The maximum Gasteiger partial charge on any atom is 0.280 e. The Kier molecular flexibility index (Phi) is 5.14. The average Bonchev–Trinajstić information content (AvgIpc) is 3.07. The maximum absolute atomic E-state index is 12.6. The molecule has 0 fully saturated rings. The van der Waals surface area contributed by atoms with Gasteiger partial charge in [-0.05, 0) is 32.0 Å². The third kappa shape index (κ3) is 4.17. The Morgan fingerprint density at radius 1 is 1.25 bits per heavy atom. The number of aliphatic hydroxyl groups is 1. The number of amides is 1. The van der Waals surface area contributed by atoms with Crippen molar-refractivity contribution in [3.8, 4) is 11.5 Å². The van der Waals surface area contributed by atoms with Gasteiger partial charge in [-0.1, -0.05) is 0 Å². The first-order chi connectivity index (χ1) is 13.1. The second kappa shape index (κ2) is 7.39. The van der Waals surface area contributed by atoms with Crippen molar-refractivity contribution in [2.45, 2.75) is 25.9 Å². The van der Waals surface area contributed by atoms with Crippen molar-refractivity contribution >= 4 is 11.6 Å². The van der Waals surface area contributed by atoms with Crippen molar-refractivity contribution in [3.63, 3.8) is 0 Å². The molecule has 0 aliphatic heterocycles. The minimum absolute atomic E-state index is 0.00117. The number of nitrogens with one attached hydrogen (secondary N) is 1. The number of nitrogens with zero attached hydrogens (tertiary/aromatic N) is 5. The summed E-state index contributed by atoms with van der Waals surface area (Å²) in [6, 6.07) is 3.83. The summed E-state index contributed by atoms with van der Waals surface area (Å²) in [5, 5.41) is 12.9. The summed E-state index contributed by atoms with van der Waals surface area (Å²) in [4.78, 5) is 28.8. The summed E-state index contributed by atoms with van der Waals surface area (Å²) in [7, 11) is 1.75. The molecule has 8 nitrogen and oxygen atoms in total. The van der Waals surface area contributed by atoms with E-state index < -0.39 is 17.9 Å². The number of rotatable bonds is 5. The Labute approximate surface area is 159 Å². The van der Waals surface area contributed by atoms with Gasteiger partial charge < -0.3 is 15.0 Å². The van der Waals surface area contributed by atoms with Crippen LogP contribution < -0.4 is 5.32 Å². The molecular formula is C18H18F2N6O2. The van der Waals surface area contributed by atoms with E-state index in [1.165, 1.54) is 32.2 Å². The second-order valence-corrected chi connectivity index (χ2v) is 6.64. The van der Waals surface area contributed by atoms with E-state index in [0.29, 0.717) is 5.69 Å². The number of alkyl halides is 2. The van der Waals surface area contributed by atoms with E-state index in [1.807, 2.05) is 0 Å². The van der Waals surface area contributed by atoms with Gasteiger partial charge in [-0.15, -0.1) is 0 Å². The molecule has 0 aliphatic rings. The second-order valence-electron chi connectivity index (χ2n) is 6.64. The summed E-state index contributed by atoms with van der Waals surface area (Å²) in [6.07, 6.45) is 1.55. The molecule has 2 N–H and O–H groups in total. The third-order valence-corrected chi connectivity index (χ3v) is 3.90. The largest absolute Gasteiger partial charge is 0.384 e. The van der Waals surface area contributed by atoms with Crippen LogP contribution in [0.4, 0.5) is 14.5 Å². The number of carbonyl (C=O) groups excluding carboxylic acids is 1. The van der Waals surface area contributed by atoms with Crippen molar-refractivity contribution in [1.82, 2.24) is 24.5 Å². The molecule has 0 atom stereocenters. The lowest BCUT2D eigenvalue weighted by molar-refractivity contribution is 0.0736. The molecule has 28 heavy (non-hydrogen) atoms. The lowest BCUT2D eigenvalue weighted by atomic mass is 10.0. The highest BCUT2D eigenvalue weighted by atomic mass is 19.3. The van der Waals surface area contributed by atoms with Crippen molar-refractivity contribution < 1.29 is 18.7 Å². The average molecular weight is 388 g/mol. The molecule has 3 aromatic heterocycles. The van der Waals surface area contributed by atoms with Crippen LogP contribution in [-0.2, 0) is 12.6 Å². The van der Waals surface area contributed by atoms with Crippen LogP contribution in [0.2, 0.25) is 0 Å². The summed E-state index contributed by atoms with van der Waals surface area (Å²) < 4.78 is 26.9. The molecule has 3 heterocycles. The van der Waals surface area contributed by atoms with Crippen LogP contribution in [0, 0.1) is 0 Å². The van der Waals surface area contributed by atoms with Gasteiger partial charge in [0, 0.05) is 7.05 Å². The Hall–Kier alpha value is -3.27. The molecule has 0 unspecified atom stereocenters. The Morgan fingerprint density at radius 3 is 2.54 bits per heavy atom.